The van der Waals surface area contributed by atoms with Gasteiger partial charge in [0, 0.05) is 11.8 Å². The lowest BCUT2D eigenvalue weighted by Gasteiger charge is -2.12. The Labute approximate surface area is 148 Å². The number of nitro groups is 1. The first kappa shape index (κ1) is 18.0. The maximum Gasteiger partial charge on any atom is 0.289 e. The van der Waals surface area contributed by atoms with Gasteiger partial charge in [-0.25, -0.2) is 0 Å². The van der Waals surface area contributed by atoms with Crippen molar-refractivity contribution < 1.29 is 14.5 Å². The number of halogens is 2. The molecule has 0 spiro atoms. The van der Waals surface area contributed by atoms with Gasteiger partial charge in [-0.15, -0.1) is 0 Å². The smallest absolute Gasteiger partial charge is 0.289 e. The number of hydrogen-bond donors (Lipinski definition) is 1. The van der Waals surface area contributed by atoms with Crippen LogP contribution in [0.1, 0.15) is 11.1 Å². The molecule has 0 atom stereocenters. The number of anilines is 1. The third kappa shape index (κ3) is 4.37. The molecule has 126 valence electrons. The molecule has 24 heavy (non-hydrogen) atoms. The number of carbonyl (C=O) groups is 1. The van der Waals surface area contributed by atoms with Crippen LogP contribution in [0.5, 0.6) is 5.75 Å². The fourth-order valence-electron chi connectivity index (χ4n) is 2.15. The second-order valence-corrected chi connectivity index (χ2v) is 5.97. The summed E-state index contributed by atoms with van der Waals surface area (Å²) in [6.45, 7) is 3.46. The first-order chi connectivity index (χ1) is 11.3. The quantitative estimate of drug-likeness (QED) is 0.620. The van der Waals surface area contributed by atoms with Crippen LogP contribution in [0.3, 0.4) is 0 Å². The van der Waals surface area contributed by atoms with Crippen molar-refractivity contribution in [2.45, 2.75) is 13.8 Å². The lowest BCUT2D eigenvalue weighted by Crippen LogP contribution is -2.20. The third-order valence-electron chi connectivity index (χ3n) is 3.15. The van der Waals surface area contributed by atoms with Crippen molar-refractivity contribution in [3.05, 3.63) is 61.6 Å². The van der Waals surface area contributed by atoms with E-state index in [9.17, 15) is 14.9 Å². The Morgan fingerprint density at radius 1 is 1.21 bits per heavy atom. The van der Waals surface area contributed by atoms with Crippen LogP contribution >= 0.6 is 23.2 Å². The van der Waals surface area contributed by atoms with Crippen molar-refractivity contribution in [1.29, 1.82) is 0 Å². The monoisotopic (exact) mass is 368 g/mol. The summed E-state index contributed by atoms with van der Waals surface area (Å²) in [5.74, 6) is -0.0397. The summed E-state index contributed by atoms with van der Waals surface area (Å²) in [5, 5.41) is 13.8. The van der Waals surface area contributed by atoms with Crippen molar-refractivity contribution in [3.8, 4) is 5.75 Å². The van der Waals surface area contributed by atoms with Gasteiger partial charge in [0.2, 0.25) is 0 Å². The van der Waals surface area contributed by atoms with Crippen LogP contribution < -0.4 is 10.1 Å². The molecule has 0 bridgehead atoms. The summed E-state index contributed by atoms with van der Waals surface area (Å²) in [5.41, 5.74) is 1.77. The van der Waals surface area contributed by atoms with Gasteiger partial charge in [0.05, 0.1) is 9.95 Å². The Kier molecular flexibility index (Phi) is 5.64. The molecule has 2 aromatic carbocycles. The molecule has 0 fully saturated rings. The molecule has 0 aliphatic carbocycles. The number of nitro benzene ring substituents is 1. The number of rotatable bonds is 5. The van der Waals surface area contributed by atoms with Gasteiger partial charge in [0.1, 0.15) is 10.8 Å². The molecule has 0 aliphatic heterocycles. The highest BCUT2D eigenvalue weighted by molar-refractivity contribution is 6.33. The van der Waals surface area contributed by atoms with E-state index in [1.54, 1.807) is 6.07 Å². The van der Waals surface area contributed by atoms with E-state index < -0.39 is 10.8 Å². The Morgan fingerprint density at radius 3 is 2.54 bits per heavy atom. The van der Waals surface area contributed by atoms with Gasteiger partial charge in [-0.05, 0) is 43.2 Å². The average molecular weight is 369 g/mol. The second-order valence-electron chi connectivity index (χ2n) is 5.15. The number of carbonyl (C=O) groups excluding carboxylic acids is 1. The van der Waals surface area contributed by atoms with E-state index in [4.69, 9.17) is 27.9 Å². The minimum atomic E-state index is -0.621. The fourth-order valence-corrected chi connectivity index (χ4v) is 2.71. The number of benzene rings is 2. The molecule has 6 nitrogen and oxygen atoms in total. The highest BCUT2D eigenvalue weighted by Crippen LogP contribution is 2.30. The van der Waals surface area contributed by atoms with Crippen LogP contribution in [-0.4, -0.2) is 17.4 Å². The average Bonchev–Trinajstić information content (AvgIpc) is 2.47. The lowest BCUT2D eigenvalue weighted by atomic mass is 10.1. The first-order valence-corrected chi connectivity index (χ1v) is 7.67. The molecule has 2 aromatic rings. The molecule has 0 aliphatic rings. The van der Waals surface area contributed by atoms with Crippen LogP contribution in [0.15, 0.2) is 30.3 Å². The SMILES string of the molecule is Cc1cc(C)c(OCC(=O)Nc2ccc(Cl)c([N+](=O)[O-])c2)c(Cl)c1. The number of nitrogens with one attached hydrogen (secondary N) is 1. The molecule has 0 radical (unpaired) electrons. The topological polar surface area (TPSA) is 81.5 Å². The summed E-state index contributed by atoms with van der Waals surface area (Å²) < 4.78 is 5.45. The Balaban J connectivity index is 2.04. The fraction of sp³-hybridized carbons (Fsp3) is 0.188. The van der Waals surface area contributed by atoms with E-state index >= 15 is 0 Å². The van der Waals surface area contributed by atoms with Gasteiger partial charge >= 0.3 is 0 Å². The number of amides is 1. The van der Waals surface area contributed by atoms with Gasteiger partial charge in [0.15, 0.2) is 6.61 Å². The largest absolute Gasteiger partial charge is 0.482 e. The highest BCUT2D eigenvalue weighted by Gasteiger charge is 2.15. The Morgan fingerprint density at radius 2 is 1.92 bits per heavy atom. The molecule has 0 saturated carbocycles. The predicted molar refractivity (Wildman–Crippen MR) is 93.2 cm³/mol. The van der Waals surface area contributed by atoms with Crippen LogP contribution in [0.4, 0.5) is 11.4 Å². The molecule has 1 amide bonds. The predicted octanol–water partition coefficient (Wildman–Crippen LogP) is 4.54. The highest BCUT2D eigenvalue weighted by atomic mass is 35.5. The minimum absolute atomic E-state index is 0.00342. The van der Waals surface area contributed by atoms with Crippen LogP contribution in [0.2, 0.25) is 10.0 Å². The van der Waals surface area contributed by atoms with Crippen molar-refractivity contribution >= 4 is 40.5 Å². The standard InChI is InChI=1S/C16H14Cl2N2O4/c1-9-5-10(2)16(13(18)6-9)24-8-15(21)19-11-3-4-12(17)14(7-11)20(22)23/h3-7H,8H2,1-2H3,(H,19,21). The number of aryl methyl sites for hydroxylation is 2. The minimum Gasteiger partial charge on any atom is -0.482 e. The third-order valence-corrected chi connectivity index (χ3v) is 3.75. The maximum atomic E-state index is 12.0. The zero-order valence-electron chi connectivity index (χ0n) is 12.9. The number of nitrogens with zero attached hydrogens (tertiary/aromatic N) is 1. The van der Waals surface area contributed by atoms with E-state index in [2.05, 4.69) is 5.32 Å². The Hall–Kier alpha value is -2.31. The van der Waals surface area contributed by atoms with Crippen LogP contribution in [-0.2, 0) is 4.79 Å². The molecule has 1 N–H and O–H groups in total. The zero-order chi connectivity index (χ0) is 17.9. The summed E-state index contributed by atoms with van der Waals surface area (Å²) in [4.78, 5) is 22.2. The van der Waals surface area contributed by atoms with E-state index in [1.807, 2.05) is 19.9 Å². The molecule has 8 heteroatoms. The molecule has 0 unspecified atom stereocenters. The summed E-state index contributed by atoms with van der Waals surface area (Å²) in [6.07, 6.45) is 0. The molecule has 0 heterocycles. The summed E-state index contributed by atoms with van der Waals surface area (Å²) in [7, 11) is 0. The van der Waals surface area contributed by atoms with Crippen molar-refractivity contribution in [1.82, 2.24) is 0 Å². The van der Waals surface area contributed by atoms with E-state index in [1.165, 1.54) is 18.2 Å². The van der Waals surface area contributed by atoms with Gasteiger partial charge in [-0.3, -0.25) is 14.9 Å². The summed E-state index contributed by atoms with van der Waals surface area (Å²) in [6, 6.07) is 7.63. The van der Waals surface area contributed by atoms with Crippen molar-refractivity contribution in [2.24, 2.45) is 0 Å². The molecular weight excluding hydrogens is 355 g/mol. The molecule has 0 saturated heterocycles. The van der Waals surface area contributed by atoms with E-state index in [0.29, 0.717) is 10.8 Å². The van der Waals surface area contributed by atoms with E-state index in [-0.39, 0.29) is 23.0 Å². The second kappa shape index (κ2) is 7.51. The Bertz CT molecular complexity index is 786. The first-order valence-electron chi connectivity index (χ1n) is 6.91. The molecule has 0 aromatic heterocycles. The molecular formula is C16H14Cl2N2O4. The van der Waals surface area contributed by atoms with Gasteiger partial charge in [0.25, 0.3) is 11.6 Å². The van der Waals surface area contributed by atoms with Crippen molar-refractivity contribution in [3.63, 3.8) is 0 Å². The zero-order valence-corrected chi connectivity index (χ0v) is 14.4. The van der Waals surface area contributed by atoms with Gasteiger partial charge in [-0.1, -0.05) is 29.3 Å². The van der Waals surface area contributed by atoms with Gasteiger partial charge < -0.3 is 10.1 Å². The van der Waals surface area contributed by atoms with E-state index in [0.717, 1.165) is 11.1 Å². The maximum absolute atomic E-state index is 12.0. The van der Waals surface area contributed by atoms with Crippen LogP contribution in [0.25, 0.3) is 0 Å². The normalized spacial score (nSPS) is 10.3. The number of ether oxygens (including phenoxy) is 1. The molecule has 2 rings (SSSR count). The summed E-state index contributed by atoms with van der Waals surface area (Å²) >= 11 is 11.8. The van der Waals surface area contributed by atoms with Gasteiger partial charge in [-0.2, -0.15) is 0 Å². The lowest BCUT2D eigenvalue weighted by molar-refractivity contribution is -0.384. The number of hydrogen-bond acceptors (Lipinski definition) is 4. The van der Waals surface area contributed by atoms with Crippen molar-refractivity contribution in [2.75, 3.05) is 11.9 Å². The van der Waals surface area contributed by atoms with Crippen LogP contribution in [0, 0.1) is 24.0 Å².